The summed E-state index contributed by atoms with van der Waals surface area (Å²) in [6.07, 6.45) is 2.77. The van der Waals surface area contributed by atoms with Crippen LogP contribution in [0.5, 0.6) is 0 Å². The Kier molecular flexibility index (Phi) is 5.34. The van der Waals surface area contributed by atoms with E-state index in [-0.39, 0.29) is 0 Å². The molecule has 0 aliphatic heterocycles. The SMILES string of the molecule is CCCc1ccc(S(=O)(=O)NCCc2cccs2)cc1. The van der Waals surface area contributed by atoms with E-state index in [1.807, 2.05) is 29.6 Å². The molecule has 0 radical (unpaired) electrons. The van der Waals surface area contributed by atoms with Crippen LogP contribution in [0.15, 0.2) is 46.7 Å². The fourth-order valence-electron chi connectivity index (χ4n) is 1.97. The van der Waals surface area contributed by atoms with E-state index >= 15 is 0 Å². The average molecular weight is 309 g/mol. The van der Waals surface area contributed by atoms with E-state index in [2.05, 4.69) is 11.6 Å². The Labute approximate surface area is 124 Å². The molecule has 0 aliphatic rings. The van der Waals surface area contributed by atoms with Crippen molar-refractivity contribution in [2.75, 3.05) is 6.54 Å². The van der Waals surface area contributed by atoms with Gasteiger partial charge in [0.05, 0.1) is 4.90 Å². The third-order valence-electron chi connectivity index (χ3n) is 3.02. The highest BCUT2D eigenvalue weighted by atomic mass is 32.2. The standard InChI is InChI=1S/C15H19NO2S2/c1-2-4-13-6-8-15(9-7-13)20(17,18)16-11-10-14-5-3-12-19-14/h3,5-9,12,16H,2,4,10-11H2,1H3. The first-order valence-electron chi connectivity index (χ1n) is 6.73. The van der Waals surface area contributed by atoms with E-state index in [9.17, 15) is 8.42 Å². The molecule has 1 heterocycles. The van der Waals surface area contributed by atoms with Crippen molar-refractivity contribution < 1.29 is 8.42 Å². The van der Waals surface area contributed by atoms with Crippen molar-refractivity contribution >= 4 is 21.4 Å². The van der Waals surface area contributed by atoms with Crippen molar-refractivity contribution in [1.82, 2.24) is 4.72 Å². The molecule has 0 saturated carbocycles. The second kappa shape index (κ2) is 7.02. The third kappa shape index (κ3) is 4.16. The first-order valence-corrected chi connectivity index (χ1v) is 9.09. The molecule has 0 bridgehead atoms. The van der Waals surface area contributed by atoms with Gasteiger partial charge in [-0.25, -0.2) is 13.1 Å². The van der Waals surface area contributed by atoms with Gasteiger partial charge in [-0.15, -0.1) is 11.3 Å². The van der Waals surface area contributed by atoms with Crippen molar-refractivity contribution in [3.63, 3.8) is 0 Å². The first kappa shape index (κ1) is 15.2. The zero-order chi connectivity index (χ0) is 14.4. The number of rotatable bonds is 7. The van der Waals surface area contributed by atoms with Gasteiger partial charge < -0.3 is 0 Å². The minimum Gasteiger partial charge on any atom is -0.211 e. The zero-order valence-electron chi connectivity index (χ0n) is 11.5. The second-order valence-corrected chi connectivity index (χ2v) is 7.42. The number of hydrogen-bond donors (Lipinski definition) is 1. The molecule has 0 atom stereocenters. The summed E-state index contributed by atoms with van der Waals surface area (Å²) in [6.45, 7) is 2.54. The van der Waals surface area contributed by atoms with Gasteiger partial charge in [-0.05, 0) is 42.0 Å². The summed E-state index contributed by atoms with van der Waals surface area (Å²) >= 11 is 1.64. The second-order valence-electron chi connectivity index (χ2n) is 4.62. The summed E-state index contributed by atoms with van der Waals surface area (Å²) in [5, 5.41) is 2.00. The Hall–Kier alpha value is -1.17. The fourth-order valence-corrected chi connectivity index (χ4v) is 3.71. The molecule has 5 heteroatoms. The van der Waals surface area contributed by atoms with E-state index < -0.39 is 10.0 Å². The highest BCUT2D eigenvalue weighted by Crippen LogP contribution is 2.13. The smallest absolute Gasteiger partial charge is 0.211 e. The van der Waals surface area contributed by atoms with E-state index in [4.69, 9.17) is 0 Å². The highest BCUT2D eigenvalue weighted by Gasteiger charge is 2.13. The maximum atomic E-state index is 12.1. The van der Waals surface area contributed by atoms with Crippen LogP contribution in [-0.2, 0) is 22.9 Å². The number of sulfonamides is 1. The number of aryl methyl sites for hydroxylation is 1. The molecule has 2 rings (SSSR count). The lowest BCUT2D eigenvalue weighted by Crippen LogP contribution is -2.25. The van der Waals surface area contributed by atoms with Crippen LogP contribution in [-0.4, -0.2) is 15.0 Å². The zero-order valence-corrected chi connectivity index (χ0v) is 13.1. The van der Waals surface area contributed by atoms with Gasteiger partial charge in [-0.2, -0.15) is 0 Å². The predicted octanol–water partition coefficient (Wildman–Crippen LogP) is 3.22. The molecule has 108 valence electrons. The van der Waals surface area contributed by atoms with Gasteiger partial charge in [0.15, 0.2) is 0 Å². The molecule has 0 spiro atoms. The van der Waals surface area contributed by atoms with Crippen LogP contribution < -0.4 is 4.72 Å². The van der Waals surface area contributed by atoms with E-state index in [0.717, 1.165) is 19.3 Å². The Morgan fingerprint density at radius 2 is 1.85 bits per heavy atom. The van der Waals surface area contributed by atoms with Crippen LogP contribution in [0.25, 0.3) is 0 Å². The first-order chi connectivity index (χ1) is 9.62. The molecule has 1 aromatic heterocycles. The molecular weight excluding hydrogens is 290 g/mol. The largest absolute Gasteiger partial charge is 0.240 e. The van der Waals surface area contributed by atoms with Crippen LogP contribution in [0, 0.1) is 0 Å². The van der Waals surface area contributed by atoms with E-state index in [1.165, 1.54) is 10.4 Å². The summed E-state index contributed by atoms with van der Waals surface area (Å²) in [5.74, 6) is 0. The Morgan fingerprint density at radius 1 is 1.10 bits per heavy atom. The van der Waals surface area contributed by atoms with Crippen molar-refractivity contribution in [2.45, 2.75) is 31.1 Å². The van der Waals surface area contributed by atoms with Gasteiger partial charge in [-0.3, -0.25) is 0 Å². The molecule has 0 aliphatic carbocycles. The van der Waals surface area contributed by atoms with E-state index in [0.29, 0.717) is 11.4 Å². The van der Waals surface area contributed by atoms with Crippen LogP contribution in [0.1, 0.15) is 23.8 Å². The number of hydrogen-bond acceptors (Lipinski definition) is 3. The van der Waals surface area contributed by atoms with Crippen molar-refractivity contribution in [1.29, 1.82) is 0 Å². The molecule has 20 heavy (non-hydrogen) atoms. The van der Waals surface area contributed by atoms with Crippen LogP contribution in [0.2, 0.25) is 0 Å². The normalized spacial score (nSPS) is 11.7. The molecule has 0 amide bonds. The van der Waals surface area contributed by atoms with Crippen molar-refractivity contribution in [3.05, 3.63) is 52.2 Å². The number of benzene rings is 1. The Bertz CT molecular complexity index is 616. The predicted molar refractivity (Wildman–Crippen MR) is 83.6 cm³/mol. The van der Waals surface area contributed by atoms with Crippen molar-refractivity contribution in [2.24, 2.45) is 0 Å². The minimum atomic E-state index is -3.39. The van der Waals surface area contributed by atoms with Crippen LogP contribution in [0.3, 0.4) is 0 Å². The number of nitrogens with one attached hydrogen (secondary N) is 1. The average Bonchev–Trinajstić information content (AvgIpc) is 2.93. The fraction of sp³-hybridized carbons (Fsp3) is 0.333. The number of thiophene rings is 1. The molecule has 2 aromatic rings. The van der Waals surface area contributed by atoms with Crippen molar-refractivity contribution in [3.8, 4) is 0 Å². The molecule has 3 nitrogen and oxygen atoms in total. The quantitative estimate of drug-likeness (QED) is 0.853. The summed E-state index contributed by atoms with van der Waals surface area (Å²) in [7, 11) is -3.39. The molecule has 0 unspecified atom stereocenters. The molecule has 0 saturated heterocycles. The Balaban J connectivity index is 1.95. The summed E-state index contributed by atoms with van der Waals surface area (Å²) < 4.78 is 26.9. The van der Waals surface area contributed by atoms with Gasteiger partial charge >= 0.3 is 0 Å². The molecular formula is C15H19NO2S2. The summed E-state index contributed by atoms with van der Waals surface area (Å²) in [5.41, 5.74) is 1.17. The lowest BCUT2D eigenvalue weighted by Gasteiger charge is -2.07. The lowest BCUT2D eigenvalue weighted by atomic mass is 10.1. The van der Waals surface area contributed by atoms with Gasteiger partial charge in [-0.1, -0.05) is 31.5 Å². The Morgan fingerprint density at radius 3 is 2.45 bits per heavy atom. The summed E-state index contributed by atoms with van der Waals surface area (Å²) in [6, 6.07) is 11.1. The van der Waals surface area contributed by atoms with Gasteiger partial charge in [0.2, 0.25) is 10.0 Å². The topological polar surface area (TPSA) is 46.2 Å². The molecule has 1 N–H and O–H groups in total. The van der Waals surface area contributed by atoms with Crippen LogP contribution in [0.4, 0.5) is 0 Å². The third-order valence-corrected chi connectivity index (χ3v) is 5.43. The van der Waals surface area contributed by atoms with Crippen LogP contribution >= 0.6 is 11.3 Å². The molecule has 0 fully saturated rings. The maximum absolute atomic E-state index is 12.1. The lowest BCUT2D eigenvalue weighted by molar-refractivity contribution is 0.582. The van der Waals surface area contributed by atoms with Gasteiger partial charge in [0.1, 0.15) is 0 Å². The highest BCUT2D eigenvalue weighted by molar-refractivity contribution is 7.89. The van der Waals surface area contributed by atoms with E-state index in [1.54, 1.807) is 23.5 Å². The molecule has 1 aromatic carbocycles. The van der Waals surface area contributed by atoms with Gasteiger partial charge in [0.25, 0.3) is 0 Å². The van der Waals surface area contributed by atoms with Gasteiger partial charge in [0, 0.05) is 11.4 Å². The monoisotopic (exact) mass is 309 g/mol. The maximum Gasteiger partial charge on any atom is 0.240 e. The summed E-state index contributed by atoms with van der Waals surface area (Å²) in [4.78, 5) is 1.52. The minimum absolute atomic E-state index is 0.337.